The second-order valence-electron chi connectivity index (χ2n) is 3.09. The van der Waals surface area contributed by atoms with Gasteiger partial charge in [0.05, 0.1) is 11.9 Å². The van der Waals surface area contributed by atoms with Crippen molar-refractivity contribution in [1.29, 1.82) is 0 Å². The van der Waals surface area contributed by atoms with E-state index in [1.807, 2.05) is 0 Å². The van der Waals surface area contributed by atoms with Gasteiger partial charge in [-0.15, -0.1) is 0 Å². The molecule has 0 spiro atoms. The number of carbonyl (C=O) groups is 1. The van der Waals surface area contributed by atoms with E-state index < -0.39 is 0 Å². The third kappa shape index (κ3) is 1.75. The van der Waals surface area contributed by atoms with Gasteiger partial charge in [-0.2, -0.15) is 0 Å². The predicted molar refractivity (Wildman–Crippen MR) is 52.4 cm³/mol. The fraction of sp³-hybridized carbons (Fsp3) is 0.222. The quantitative estimate of drug-likeness (QED) is 0.754. The summed E-state index contributed by atoms with van der Waals surface area (Å²) in [5, 5.41) is 0.407. The Morgan fingerprint density at radius 1 is 1.57 bits per heavy atom. The van der Waals surface area contributed by atoms with Gasteiger partial charge in [-0.25, -0.2) is 9.97 Å². The Kier molecular flexibility index (Phi) is 2.21. The van der Waals surface area contributed by atoms with Crippen molar-refractivity contribution in [2.24, 2.45) is 0 Å². The molecular weight excluding hydrogens is 202 g/mol. The van der Waals surface area contributed by atoms with Gasteiger partial charge in [0.15, 0.2) is 5.65 Å². The summed E-state index contributed by atoms with van der Waals surface area (Å²) in [6.07, 6.45) is 5.36. The van der Waals surface area contributed by atoms with Gasteiger partial charge in [0.25, 0.3) is 0 Å². The number of fused-ring (bicyclic) bond motifs is 1. The number of Topliss-reactive ketones (excluding diaryl/α,β-unsaturated/α-hetero) is 1. The zero-order valence-corrected chi connectivity index (χ0v) is 8.32. The molecule has 0 bridgehead atoms. The zero-order chi connectivity index (χ0) is 10.1. The lowest BCUT2D eigenvalue weighted by molar-refractivity contribution is -0.116. The lowest BCUT2D eigenvalue weighted by atomic mass is 10.2. The summed E-state index contributed by atoms with van der Waals surface area (Å²) in [5.41, 5.74) is 1.44. The second kappa shape index (κ2) is 3.38. The molecule has 0 saturated heterocycles. The Bertz CT molecular complexity index is 492. The molecule has 5 heteroatoms. The van der Waals surface area contributed by atoms with Gasteiger partial charge >= 0.3 is 0 Å². The number of hydrogen-bond donors (Lipinski definition) is 0. The summed E-state index contributed by atoms with van der Waals surface area (Å²) < 4.78 is 1.76. The van der Waals surface area contributed by atoms with E-state index in [9.17, 15) is 4.79 Å². The Morgan fingerprint density at radius 2 is 2.36 bits per heavy atom. The van der Waals surface area contributed by atoms with Crippen molar-refractivity contribution in [3.8, 4) is 0 Å². The number of ketones is 1. The fourth-order valence-electron chi connectivity index (χ4n) is 1.27. The second-order valence-corrected chi connectivity index (χ2v) is 3.47. The predicted octanol–water partition coefficient (Wildman–Crippen LogP) is 1.51. The van der Waals surface area contributed by atoms with Crippen molar-refractivity contribution in [2.45, 2.75) is 13.3 Å². The smallest absolute Gasteiger partial charge is 0.155 e. The molecule has 2 aromatic heterocycles. The van der Waals surface area contributed by atoms with Crippen LogP contribution in [0.25, 0.3) is 5.65 Å². The van der Waals surface area contributed by atoms with Crippen LogP contribution in [0, 0.1) is 0 Å². The highest BCUT2D eigenvalue weighted by atomic mass is 35.5. The third-order valence-corrected chi connectivity index (χ3v) is 1.99. The van der Waals surface area contributed by atoms with Gasteiger partial charge < -0.3 is 4.40 Å². The van der Waals surface area contributed by atoms with Gasteiger partial charge in [0.2, 0.25) is 0 Å². The monoisotopic (exact) mass is 209 g/mol. The number of imidazole rings is 1. The van der Waals surface area contributed by atoms with Crippen molar-refractivity contribution in [3.63, 3.8) is 0 Å². The van der Waals surface area contributed by atoms with Crippen molar-refractivity contribution in [1.82, 2.24) is 14.4 Å². The first-order valence-corrected chi connectivity index (χ1v) is 4.51. The van der Waals surface area contributed by atoms with Gasteiger partial charge in [0, 0.05) is 18.8 Å². The number of halogens is 1. The number of nitrogens with zero attached hydrogens (tertiary/aromatic N) is 3. The molecule has 0 aliphatic rings. The lowest BCUT2D eigenvalue weighted by Gasteiger charge is -1.90. The zero-order valence-electron chi connectivity index (χ0n) is 7.57. The molecule has 0 radical (unpaired) electrons. The number of carbonyl (C=O) groups excluding carboxylic acids is 1. The van der Waals surface area contributed by atoms with Crippen LogP contribution in [0.3, 0.4) is 0 Å². The van der Waals surface area contributed by atoms with Crippen molar-refractivity contribution in [3.05, 3.63) is 29.4 Å². The first-order chi connectivity index (χ1) is 6.65. The molecule has 14 heavy (non-hydrogen) atoms. The molecule has 0 aliphatic carbocycles. The van der Waals surface area contributed by atoms with Crippen LogP contribution in [0.15, 0.2) is 18.6 Å². The first-order valence-electron chi connectivity index (χ1n) is 4.14. The number of hydrogen-bond acceptors (Lipinski definition) is 3. The Morgan fingerprint density at radius 3 is 3.07 bits per heavy atom. The first kappa shape index (κ1) is 9.15. The summed E-state index contributed by atoms with van der Waals surface area (Å²) in [7, 11) is 0. The highest BCUT2D eigenvalue weighted by Gasteiger charge is 2.04. The maximum Gasteiger partial charge on any atom is 0.155 e. The van der Waals surface area contributed by atoms with Crippen LogP contribution in [0.1, 0.15) is 12.6 Å². The van der Waals surface area contributed by atoms with Crippen molar-refractivity contribution in [2.75, 3.05) is 0 Å². The maximum absolute atomic E-state index is 10.9. The number of rotatable bonds is 2. The molecule has 2 rings (SSSR count). The van der Waals surface area contributed by atoms with Gasteiger partial charge in [-0.1, -0.05) is 11.6 Å². The lowest BCUT2D eigenvalue weighted by Crippen LogP contribution is -1.95. The van der Waals surface area contributed by atoms with E-state index in [-0.39, 0.29) is 5.78 Å². The van der Waals surface area contributed by atoms with E-state index in [1.165, 1.54) is 6.92 Å². The highest BCUT2D eigenvalue weighted by molar-refractivity contribution is 6.29. The van der Waals surface area contributed by atoms with Gasteiger partial charge in [0.1, 0.15) is 10.9 Å². The molecule has 0 N–H and O–H groups in total. The van der Waals surface area contributed by atoms with Crippen LogP contribution in [-0.4, -0.2) is 20.2 Å². The van der Waals surface area contributed by atoms with E-state index in [0.29, 0.717) is 17.2 Å². The van der Waals surface area contributed by atoms with Crippen LogP contribution in [0.2, 0.25) is 5.15 Å². The van der Waals surface area contributed by atoms with Crippen molar-refractivity contribution >= 4 is 23.0 Å². The molecule has 0 amide bonds. The maximum atomic E-state index is 10.9. The molecule has 0 unspecified atom stereocenters. The summed E-state index contributed by atoms with van der Waals surface area (Å²) in [6.45, 7) is 1.54. The average molecular weight is 210 g/mol. The van der Waals surface area contributed by atoms with Crippen LogP contribution < -0.4 is 0 Å². The Hall–Kier alpha value is -1.42. The Balaban J connectivity index is 2.46. The highest BCUT2D eigenvalue weighted by Crippen LogP contribution is 2.08. The molecule has 0 aliphatic heterocycles. The molecule has 4 nitrogen and oxygen atoms in total. The largest absolute Gasteiger partial charge is 0.302 e. The standard InChI is InChI=1S/C9H8ClN3O/c1-6(14)2-7-4-13-5-8(10)11-3-9(13)12-7/h3-5H,2H2,1H3. The van der Waals surface area contributed by atoms with Gasteiger partial charge in [-0.05, 0) is 6.92 Å². The molecule has 0 aromatic carbocycles. The minimum Gasteiger partial charge on any atom is -0.302 e. The van der Waals surface area contributed by atoms with Crippen molar-refractivity contribution < 1.29 is 4.79 Å². The van der Waals surface area contributed by atoms with Crippen LogP contribution >= 0.6 is 11.6 Å². The van der Waals surface area contributed by atoms with Crippen LogP contribution in [0.5, 0.6) is 0 Å². The molecular formula is C9H8ClN3O. The Labute approximate surface area is 85.5 Å². The molecule has 0 atom stereocenters. The average Bonchev–Trinajstić information content (AvgIpc) is 2.44. The third-order valence-electron chi connectivity index (χ3n) is 1.79. The van der Waals surface area contributed by atoms with Crippen LogP contribution in [-0.2, 0) is 11.2 Å². The van der Waals surface area contributed by atoms with Crippen LogP contribution in [0.4, 0.5) is 0 Å². The molecule has 0 saturated carbocycles. The minimum atomic E-state index is 0.0902. The van der Waals surface area contributed by atoms with E-state index in [0.717, 1.165) is 5.69 Å². The molecule has 0 fully saturated rings. The molecule has 72 valence electrons. The van der Waals surface area contributed by atoms with Gasteiger partial charge in [-0.3, -0.25) is 4.79 Å². The van der Waals surface area contributed by atoms with E-state index in [2.05, 4.69) is 9.97 Å². The normalized spacial score (nSPS) is 10.7. The van der Waals surface area contributed by atoms with E-state index in [1.54, 1.807) is 23.0 Å². The molecule has 2 heterocycles. The summed E-state index contributed by atoms with van der Waals surface area (Å²) in [6, 6.07) is 0. The number of aromatic nitrogens is 3. The SMILES string of the molecule is CC(=O)Cc1cn2cc(Cl)ncc2n1. The fourth-order valence-corrected chi connectivity index (χ4v) is 1.42. The topological polar surface area (TPSA) is 47.3 Å². The molecule has 2 aromatic rings. The summed E-state index contributed by atoms with van der Waals surface area (Å²) >= 11 is 5.71. The minimum absolute atomic E-state index is 0.0902. The summed E-state index contributed by atoms with van der Waals surface area (Å²) in [4.78, 5) is 19.0. The summed E-state index contributed by atoms with van der Waals surface area (Å²) in [5.74, 6) is 0.0902. The van der Waals surface area contributed by atoms with E-state index in [4.69, 9.17) is 11.6 Å². The van der Waals surface area contributed by atoms with E-state index >= 15 is 0 Å².